The van der Waals surface area contributed by atoms with Crippen LogP contribution in [0.1, 0.15) is 13.3 Å². The summed E-state index contributed by atoms with van der Waals surface area (Å²) in [6.07, 6.45) is -1.40. The van der Waals surface area contributed by atoms with E-state index in [0.29, 0.717) is 0 Å². The highest BCUT2D eigenvalue weighted by Gasteiger charge is 2.39. The number of ether oxygens (including phenoxy) is 1. The average Bonchev–Trinajstić information content (AvgIpc) is 2.48. The van der Waals surface area contributed by atoms with Gasteiger partial charge >= 0.3 is 12.1 Å². The number of carboxylic acid groups (broad SMARTS) is 1. The van der Waals surface area contributed by atoms with Crippen LogP contribution in [0.3, 0.4) is 0 Å². The van der Waals surface area contributed by atoms with Crippen LogP contribution >= 0.6 is 0 Å². The maximum absolute atomic E-state index is 11.2. The fourth-order valence-corrected chi connectivity index (χ4v) is 1.46. The van der Waals surface area contributed by atoms with Gasteiger partial charge in [-0.3, -0.25) is 4.90 Å². The zero-order valence-corrected chi connectivity index (χ0v) is 7.84. The number of aliphatic carboxylic acids is 1. The van der Waals surface area contributed by atoms with E-state index in [4.69, 9.17) is 5.11 Å². The molecule has 0 aliphatic carbocycles. The van der Waals surface area contributed by atoms with Gasteiger partial charge in [-0.15, -0.1) is 0 Å². The van der Waals surface area contributed by atoms with Gasteiger partial charge in [-0.25, -0.2) is 9.59 Å². The molecule has 1 aliphatic heterocycles. The number of rotatable bonds is 2. The topological polar surface area (TPSA) is 87.1 Å². The molecule has 0 spiro atoms. The van der Waals surface area contributed by atoms with E-state index in [1.807, 2.05) is 0 Å². The molecular weight excluding hydrogens is 190 g/mol. The van der Waals surface area contributed by atoms with Crippen LogP contribution in [0.4, 0.5) is 4.79 Å². The molecule has 2 atom stereocenters. The molecule has 1 saturated heterocycles. The summed E-state index contributed by atoms with van der Waals surface area (Å²) >= 11 is 0. The summed E-state index contributed by atoms with van der Waals surface area (Å²) in [6, 6.07) is -0.968. The Morgan fingerprint density at radius 2 is 2.21 bits per heavy atom. The molecule has 0 aromatic rings. The number of β-amino-alcohol motifs (C(OH)–C–C–N with tert-alkyl or cyclic N) is 1. The molecule has 1 heterocycles. The molecule has 80 valence electrons. The number of carboxylic acids is 1. The Morgan fingerprint density at radius 3 is 2.71 bits per heavy atom. The Kier molecular flexibility index (Phi) is 3.29. The lowest BCUT2D eigenvalue weighted by Crippen LogP contribution is -2.40. The highest BCUT2D eigenvalue weighted by Crippen LogP contribution is 2.18. The second kappa shape index (κ2) is 4.28. The zero-order chi connectivity index (χ0) is 10.7. The van der Waals surface area contributed by atoms with Gasteiger partial charge in [0.2, 0.25) is 0 Å². The third-order valence-electron chi connectivity index (χ3n) is 2.07. The van der Waals surface area contributed by atoms with Gasteiger partial charge in [-0.1, -0.05) is 0 Å². The van der Waals surface area contributed by atoms with Gasteiger partial charge < -0.3 is 14.9 Å². The first-order chi connectivity index (χ1) is 6.56. The molecule has 0 saturated carbocycles. The number of aliphatic hydroxyl groups excluding tert-OH is 1. The molecule has 0 bridgehead atoms. The molecule has 2 N–H and O–H groups in total. The van der Waals surface area contributed by atoms with E-state index in [9.17, 15) is 14.7 Å². The minimum Gasteiger partial charge on any atom is -0.480 e. The smallest absolute Gasteiger partial charge is 0.410 e. The summed E-state index contributed by atoms with van der Waals surface area (Å²) in [5.74, 6) is -1.12. The minimum absolute atomic E-state index is 0.0236. The van der Waals surface area contributed by atoms with E-state index in [2.05, 4.69) is 4.74 Å². The van der Waals surface area contributed by atoms with Crippen molar-refractivity contribution < 1.29 is 24.5 Å². The number of carbonyl (C=O) groups excluding carboxylic acids is 1. The Bertz CT molecular complexity index is 242. The summed E-state index contributed by atoms with van der Waals surface area (Å²) in [7, 11) is 0. The van der Waals surface area contributed by atoms with Crippen LogP contribution in [-0.4, -0.2) is 52.5 Å². The standard InChI is InChI=1S/C8H13NO5/c1-2-14-8(13)9-4-5(10)3-6(9)7(11)12/h5-6,10H,2-4H2,1H3,(H,11,12)/t5-,6-/m0/s1. The SMILES string of the molecule is CCOC(=O)N1C[C@@H](O)C[C@H]1C(=O)O. The van der Waals surface area contributed by atoms with Crippen LogP contribution in [0.25, 0.3) is 0 Å². The highest BCUT2D eigenvalue weighted by molar-refractivity contribution is 5.80. The molecule has 0 aromatic carbocycles. The Hall–Kier alpha value is -1.30. The molecule has 1 aliphatic rings. The predicted molar refractivity (Wildman–Crippen MR) is 45.8 cm³/mol. The number of hydrogen-bond acceptors (Lipinski definition) is 4. The van der Waals surface area contributed by atoms with Crippen molar-refractivity contribution >= 4 is 12.1 Å². The van der Waals surface area contributed by atoms with Crippen LogP contribution in [0, 0.1) is 0 Å². The van der Waals surface area contributed by atoms with E-state index < -0.39 is 24.2 Å². The van der Waals surface area contributed by atoms with Gasteiger partial charge in [0.15, 0.2) is 0 Å². The number of carbonyl (C=O) groups is 2. The van der Waals surface area contributed by atoms with Crippen LogP contribution in [0.5, 0.6) is 0 Å². The van der Waals surface area contributed by atoms with Crippen molar-refractivity contribution in [2.75, 3.05) is 13.2 Å². The molecule has 0 unspecified atom stereocenters. The van der Waals surface area contributed by atoms with Crippen LogP contribution < -0.4 is 0 Å². The first kappa shape index (κ1) is 10.8. The normalized spacial score (nSPS) is 26.3. The van der Waals surface area contributed by atoms with Crippen molar-refractivity contribution in [2.45, 2.75) is 25.5 Å². The maximum atomic E-state index is 11.2. The van der Waals surface area contributed by atoms with E-state index in [1.165, 1.54) is 0 Å². The lowest BCUT2D eigenvalue weighted by Gasteiger charge is -2.19. The monoisotopic (exact) mass is 203 g/mol. The summed E-state index contributed by atoms with van der Waals surface area (Å²) in [6.45, 7) is 1.85. The third kappa shape index (κ3) is 2.14. The third-order valence-corrected chi connectivity index (χ3v) is 2.07. The summed E-state index contributed by atoms with van der Waals surface area (Å²) in [5.41, 5.74) is 0. The largest absolute Gasteiger partial charge is 0.480 e. The molecule has 1 fully saturated rings. The predicted octanol–water partition coefficient (Wildman–Crippen LogP) is -0.337. The lowest BCUT2D eigenvalue weighted by molar-refractivity contribution is -0.141. The first-order valence-electron chi connectivity index (χ1n) is 4.40. The minimum atomic E-state index is -1.12. The number of aliphatic hydroxyl groups is 1. The number of hydrogen-bond donors (Lipinski definition) is 2. The molecule has 0 aromatic heterocycles. The lowest BCUT2D eigenvalue weighted by atomic mass is 10.2. The fourth-order valence-electron chi connectivity index (χ4n) is 1.46. The van der Waals surface area contributed by atoms with Crippen molar-refractivity contribution in [1.82, 2.24) is 4.90 Å². The van der Waals surface area contributed by atoms with Crippen molar-refractivity contribution in [3.8, 4) is 0 Å². The van der Waals surface area contributed by atoms with Crippen LogP contribution in [0.2, 0.25) is 0 Å². The quantitative estimate of drug-likeness (QED) is 0.641. The Labute approximate surface area is 81.1 Å². The first-order valence-corrected chi connectivity index (χ1v) is 4.40. The van der Waals surface area contributed by atoms with Crippen molar-refractivity contribution in [1.29, 1.82) is 0 Å². The molecule has 1 rings (SSSR count). The van der Waals surface area contributed by atoms with E-state index >= 15 is 0 Å². The van der Waals surface area contributed by atoms with Crippen molar-refractivity contribution in [3.05, 3.63) is 0 Å². The zero-order valence-electron chi connectivity index (χ0n) is 7.84. The van der Waals surface area contributed by atoms with Gasteiger partial charge in [-0.05, 0) is 6.92 Å². The molecular formula is C8H13NO5. The molecule has 6 heteroatoms. The van der Waals surface area contributed by atoms with Crippen LogP contribution in [-0.2, 0) is 9.53 Å². The molecule has 0 radical (unpaired) electrons. The van der Waals surface area contributed by atoms with Crippen molar-refractivity contribution in [2.24, 2.45) is 0 Å². The van der Waals surface area contributed by atoms with E-state index in [1.54, 1.807) is 6.92 Å². The Morgan fingerprint density at radius 1 is 1.57 bits per heavy atom. The van der Waals surface area contributed by atoms with Gasteiger partial charge in [-0.2, -0.15) is 0 Å². The Balaban J connectivity index is 2.66. The summed E-state index contributed by atoms with van der Waals surface area (Å²) in [5, 5.41) is 18.0. The summed E-state index contributed by atoms with van der Waals surface area (Å²) in [4.78, 5) is 23.0. The van der Waals surface area contributed by atoms with Gasteiger partial charge in [0.25, 0.3) is 0 Å². The molecule has 6 nitrogen and oxygen atoms in total. The second-order valence-electron chi connectivity index (χ2n) is 3.09. The van der Waals surface area contributed by atoms with Crippen molar-refractivity contribution in [3.63, 3.8) is 0 Å². The average molecular weight is 203 g/mol. The van der Waals surface area contributed by atoms with E-state index in [0.717, 1.165) is 4.90 Å². The fraction of sp³-hybridized carbons (Fsp3) is 0.750. The second-order valence-corrected chi connectivity index (χ2v) is 3.09. The highest BCUT2D eigenvalue weighted by atomic mass is 16.6. The number of likely N-dealkylation sites (tertiary alicyclic amines) is 1. The molecule has 1 amide bonds. The molecule has 14 heavy (non-hydrogen) atoms. The maximum Gasteiger partial charge on any atom is 0.410 e. The summed E-state index contributed by atoms with van der Waals surface area (Å²) < 4.78 is 4.67. The number of nitrogens with zero attached hydrogens (tertiary/aromatic N) is 1. The van der Waals surface area contributed by atoms with Crippen LogP contribution in [0.15, 0.2) is 0 Å². The van der Waals surface area contributed by atoms with Gasteiger partial charge in [0.1, 0.15) is 6.04 Å². The van der Waals surface area contributed by atoms with Gasteiger partial charge in [0, 0.05) is 6.42 Å². The number of amides is 1. The van der Waals surface area contributed by atoms with E-state index in [-0.39, 0.29) is 19.6 Å². The van der Waals surface area contributed by atoms with Gasteiger partial charge in [0.05, 0.1) is 19.3 Å².